The van der Waals surface area contributed by atoms with E-state index in [9.17, 15) is 39.0 Å². The standard InChI is InChI=1S/2C18H32N6O4.Cu/c2*1-11(2)7-13(20)16(25)24-15(8-12-9-21-10-22-12)17(26)23-14(18(27)28)5-3-4-6-19;/h2*9-11,13-15H,3-8,19-20H2,1-2H3,(H,21,22)(H,23,26)(H,24,25)(H,27,28);/q;;+2/p-2/t2*13-,14-,15-;/m00./s1. The Kier molecular flexibility index (Phi) is 26.7. The second-order valence-corrected chi connectivity index (χ2v) is 14.5. The molecule has 2 heterocycles. The summed E-state index contributed by atoms with van der Waals surface area (Å²) < 4.78 is 0. The van der Waals surface area contributed by atoms with E-state index in [1.807, 2.05) is 27.7 Å². The van der Waals surface area contributed by atoms with Crippen LogP contribution in [0.2, 0.25) is 0 Å². The van der Waals surface area contributed by atoms with Crippen LogP contribution < -0.4 is 54.4 Å². The van der Waals surface area contributed by atoms with Gasteiger partial charge in [-0.3, -0.25) is 19.2 Å². The molecule has 14 N–H and O–H groups in total. The van der Waals surface area contributed by atoms with E-state index in [2.05, 4.69) is 41.2 Å². The molecule has 2 aromatic heterocycles. The van der Waals surface area contributed by atoms with Crippen molar-refractivity contribution in [2.24, 2.45) is 34.8 Å². The molecule has 0 aliphatic heterocycles. The van der Waals surface area contributed by atoms with E-state index in [1.54, 1.807) is 0 Å². The molecule has 4 amide bonds. The van der Waals surface area contributed by atoms with E-state index in [4.69, 9.17) is 22.9 Å². The summed E-state index contributed by atoms with van der Waals surface area (Å²) in [5.74, 6) is -4.52. The molecule has 6 atom stereocenters. The number of nitrogens with two attached hydrogens (primary N) is 4. The Bertz CT molecular complexity index is 1350. The molecule has 57 heavy (non-hydrogen) atoms. The summed E-state index contributed by atoms with van der Waals surface area (Å²) >= 11 is 0. The van der Waals surface area contributed by atoms with Gasteiger partial charge in [-0.2, -0.15) is 0 Å². The Balaban J connectivity index is 0.00000108. The van der Waals surface area contributed by atoms with Gasteiger partial charge in [-0.25, -0.2) is 9.97 Å². The number of amides is 4. The van der Waals surface area contributed by atoms with Gasteiger partial charge in [-0.1, -0.05) is 27.7 Å². The van der Waals surface area contributed by atoms with Gasteiger partial charge in [-0.15, -0.1) is 0 Å². The van der Waals surface area contributed by atoms with Gasteiger partial charge in [0.25, 0.3) is 0 Å². The van der Waals surface area contributed by atoms with Crippen LogP contribution in [-0.2, 0) is 58.7 Å². The van der Waals surface area contributed by atoms with E-state index >= 15 is 0 Å². The molecule has 0 saturated carbocycles. The number of carboxylic acid groups (broad SMARTS) is 2. The number of carbonyl (C=O) groups is 6. The first kappa shape index (κ1) is 52.6. The maximum atomic E-state index is 12.7. The summed E-state index contributed by atoms with van der Waals surface area (Å²) in [6.07, 6.45) is 9.86. The van der Waals surface area contributed by atoms with E-state index < -0.39 is 71.8 Å². The number of aliphatic carboxylic acids is 2. The summed E-state index contributed by atoms with van der Waals surface area (Å²) in [5.41, 5.74) is 23.8. The zero-order valence-corrected chi connectivity index (χ0v) is 34.1. The van der Waals surface area contributed by atoms with Crippen molar-refractivity contribution < 1.29 is 56.0 Å². The molecule has 2 rings (SSSR count). The van der Waals surface area contributed by atoms with Crippen LogP contribution >= 0.6 is 0 Å². The third-order valence-corrected chi connectivity index (χ3v) is 8.44. The molecule has 21 heteroatoms. The predicted octanol–water partition coefficient (Wildman–Crippen LogP) is -3.65. The van der Waals surface area contributed by atoms with Crippen LogP contribution in [0.4, 0.5) is 0 Å². The molecule has 0 aliphatic carbocycles. The van der Waals surface area contributed by atoms with Crippen molar-refractivity contribution in [1.29, 1.82) is 0 Å². The summed E-state index contributed by atoms with van der Waals surface area (Å²) in [7, 11) is 0. The predicted molar refractivity (Wildman–Crippen MR) is 203 cm³/mol. The smallest absolute Gasteiger partial charge is 0.548 e. The molecule has 0 bridgehead atoms. The van der Waals surface area contributed by atoms with Crippen LogP contribution in [-0.4, -0.2) is 105 Å². The van der Waals surface area contributed by atoms with Crippen molar-refractivity contribution in [3.05, 3.63) is 36.4 Å². The fourth-order valence-electron chi connectivity index (χ4n) is 5.47. The SMILES string of the molecule is CC(C)C[C@H](N)C(=O)N[C@@H](Cc1cnc[nH]1)C(=O)N[C@@H](CCCCN)C(=O)[O-].CC(C)C[C@H](N)C(=O)N[C@@H](Cc1cnc[nH]1)C(=O)N[C@@H](CCCCN)C(=O)[O-].[Cu+2]. The first-order valence-corrected chi connectivity index (χ1v) is 19.0. The number of aromatic nitrogens is 4. The van der Waals surface area contributed by atoms with Gasteiger partial charge in [0.2, 0.25) is 23.6 Å². The molecule has 20 nitrogen and oxygen atoms in total. The van der Waals surface area contributed by atoms with Crippen molar-refractivity contribution in [2.45, 2.75) is 128 Å². The topological polar surface area (TPSA) is 358 Å². The molecule has 2 aromatic rings. The second-order valence-electron chi connectivity index (χ2n) is 14.5. The summed E-state index contributed by atoms with van der Waals surface area (Å²) in [6.45, 7) is 8.61. The number of imidazole rings is 2. The number of rotatable bonds is 26. The van der Waals surface area contributed by atoms with Crippen molar-refractivity contribution >= 4 is 35.6 Å². The third kappa shape index (κ3) is 22.2. The van der Waals surface area contributed by atoms with Crippen molar-refractivity contribution in [2.75, 3.05) is 13.1 Å². The van der Waals surface area contributed by atoms with Crippen LogP contribution in [0.1, 0.15) is 90.4 Å². The van der Waals surface area contributed by atoms with E-state index in [-0.39, 0.29) is 54.6 Å². The Labute approximate surface area is 344 Å². The van der Waals surface area contributed by atoms with Crippen LogP contribution in [0.5, 0.6) is 0 Å². The molecule has 0 aliphatic rings. The first-order valence-electron chi connectivity index (χ1n) is 19.0. The number of aromatic amines is 2. The molecule has 0 spiro atoms. The largest absolute Gasteiger partial charge is 2.00 e. The number of hydrogen-bond acceptors (Lipinski definition) is 14. The molecule has 0 saturated heterocycles. The van der Waals surface area contributed by atoms with Crippen molar-refractivity contribution in [3.8, 4) is 0 Å². The summed E-state index contributed by atoms with van der Waals surface area (Å²) in [4.78, 5) is 86.3. The Hall–Kier alpha value is -4.40. The van der Waals surface area contributed by atoms with Gasteiger partial charge < -0.3 is 74.0 Å². The first-order chi connectivity index (χ1) is 26.5. The number of hydrogen-bond donors (Lipinski definition) is 10. The molecular weight excluding hydrogens is 792 g/mol. The van der Waals surface area contributed by atoms with Crippen molar-refractivity contribution in [1.82, 2.24) is 41.2 Å². The average Bonchev–Trinajstić information content (AvgIpc) is 3.84. The molecule has 1 radical (unpaired) electrons. The maximum absolute atomic E-state index is 12.7. The number of unbranched alkanes of at least 4 members (excludes halogenated alkanes) is 2. The molecule has 325 valence electrons. The second kappa shape index (κ2) is 28.9. The zero-order valence-electron chi connectivity index (χ0n) is 33.2. The van der Waals surface area contributed by atoms with E-state index in [1.165, 1.54) is 25.0 Å². The fraction of sp³-hybridized carbons (Fsp3) is 0.667. The maximum Gasteiger partial charge on any atom is 2.00 e. The Morgan fingerprint density at radius 3 is 1.19 bits per heavy atom. The Morgan fingerprint density at radius 2 is 0.930 bits per heavy atom. The van der Waals surface area contributed by atoms with Gasteiger partial charge in [0.15, 0.2) is 0 Å². The molecular formula is C36H62CuN12O8. The minimum Gasteiger partial charge on any atom is -0.548 e. The monoisotopic (exact) mass is 853 g/mol. The van der Waals surface area contributed by atoms with Crippen LogP contribution in [0, 0.1) is 11.8 Å². The molecule has 0 unspecified atom stereocenters. The third-order valence-electron chi connectivity index (χ3n) is 8.44. The van der Waals surface area contributed by atoms with Gasteiger partial charge in [0.05, 0.1) is 48.8 Å². The van der Waals surface area contributed by atoms with Gasteiger partial charge in [-0.05, 0) is 76.3 Å². The molecule has 0 fully saturated rings. The quantitative estimate of drug-likeness (QED) is 0.0322. The van der Waals surface area contributed by atoms with E-state index in [0.717, 1.165) is 0 Å². The summed E-state index contributed by atoms with van der Waals surface area (Å²) in [5, 5.41) is 32.8. The number of carbonyl (C=O) groups excluding carboxylic acids is 6. The van der Waals surface area contributed by atoms with E-state index in [0.29, 0.717) is 63.0 Å². The fourth-order valence-corrected chi connectivity index (χ4v) is 5.47. The van der Waals surface area contributed by atoms with Crippen LogP contribution in [0.3, 0.4) is 0 Å². The number of carboxylic acids is 2. The minimum atomic E-state index is -1.38. The summed E-state index contributed by atoms with van der Waals surface area (Å²) in [6, 6.07) is -5.85. The zero-order chi connectivity index (χ0) is 42.2. The molecule has 0 aromatic carbocycles. The van der Waals surface area contributed by atoms with Gasteiger partial charge in [0, 0.05) is 36.6 Å². The van der Waals surface area contributed by atoms with Crippen molar-refractivity contribution in [3.63, 3.8) is 0 Å². The average molecular weight is 855 g/mol. The number of H-pyrrole nitrogens is 2. The van der Waals surface area contributed by atoms with Gasteiger partial charge >= 0.3 is 17.1 Å². The number of nitrogens with one attached hydrogen (secondary N) is 6. The minimum absolute atomic E-state index is 0. The number of nitrogens with zero attached hydrogens (tertiary/aromatic N) is 2. The normalized spacial score (nSPS) is 14.1. The van der Waals surface area contributed by atoms with Gasteiger partial charge in [0.1, 0.15) is 12.1 Å². The van der Waals surface area contributed by atoms with Crippen LogP contribution in [0.25, 0.3) is 0 Å². The van der Waals surface area contributed by atoms with Crippen LogP contribution in [0.15, 0.2) is 25.0 Å². The Morgan fingerprint density at radius 1 is 0.596 bits per heavy atom.